The number of morpholine rings is 1. The smallest absolute Gasteiger partial charge is 0.276 e. The second kappa shape index (κ2) is 7.59. The lowest BCUT2D eigenvalue weighted by atomic mass is 10.0. The molecule has 3 heterocycles. The molecule has 2 aromatic heterocycles. The van der Waals surface area contributed by atoms with E-state index in [2.05, 4.69) is 15.1 Å². The molecule has 8 nitrogen and oxygen atoms in total. The van der Waals surface area contributed by atoms with Crippen molar-refractivity contribution in [1.29, 1.82) is 0 Å². The fourth-order valence-electron chi connectivity index (χ4n) is 3.73. The van der Waals surface area contributed by atoms with Gasteiger partial charge < -0.3 is 15.4 Å². The van der Waals surface area contributed by atoms with Crippen LogP contribution in [0.15, 0.2) is 36.7 Å². The number of benzene rings is 1. The van der Waals surface area contributed by atoms with Crippen LogP contribution < -0.4 is 5.73 Å². The predicted molar refractivity (Wildman–Crippen MR) is 104 cm³/mol. The zero-order valence-electron chi connectivity index (χ0n) is 16.2. The first-order chi connectivity index (χ1) is 14.0. The van der Waals surface area contributed by atoms with Gasteiger partial charge in [-0.1, -0.05) is 12.1 Å². The van der Waals surface area contributed by atoms with E-state index in [0.717, 1.165) is 11.3 Å². The van der Waals surface area contributed by atoms with Crippen molar-refractivity contribution in [2.45, 2.75) is 19.9 Å². The topological polar surface area (TPSA) is 99.2 Å². The van der Waals surface area contributed by atoms with Gasteiger partial charge in [-0.05, 0) is 26.0 Å². The molecule has 1 saturated heterocycles. The molecule has 0 saturated carbocycles. The normalized spacial score (nSPS) is 16.8. The Hall–Kier alpha value is -3.33. The Kier molecular flexibility index (Phi) is 4.98. The van der Waals surface area contributed by atoms with Crippen LogP contribution in [0.4, 0.5) is 10.2 Å². The molecule has 1 atom stereocenters. The summed E-state index contributed by atoms with van der Waals surface area (Å²) >= 11 is 0. The van der Waals surface area contributed by atoms with Crippen molar-refractivity contribution in [1.82, 2.24) is 24.6 Å². The van der Waals surface area contributed by atoms with Gasteiger partial charge in [-0.15, -0.1) is 0 Å². The Bertz CT molecular complexity index is 1070. The highest BCUT2D eigenvalue weighted by atomic mass is 19.1. The van der Waals surface area contributed by atoms with Crippen molar-refractivity contribution in [3.05, 3.63) is 65.1 Å². The van der Waals surface area contributed by atoms with Crippen LogP contribution in [0, 0.1) is 19.7 Å². The zero-order valence-corrected chi connectivity index (χ0v) is 16.2. The molecule has 1 aliphatic heterocycles. The quantitative estimate of drug-likeness (QED) is 0.729. The number of nitrogens with two attached hydrogens (primary N) is 1. The number of hydrogen-bond donors (Lipinski definition) is 1. The Morgan fingerprint density at radius 2 is 2.00 bits per heavy atom. The minimum atomic E-state index is -0.391. The summed E-state index contributed by atoms with van der Waals surface area (Å²) < 4.78 is 21.6. The van der Waals surface area contributed by atoms with Crippen LogP contribution in [0.25, 0.3) is 5.69 Å². The van der Waals surface area contributed by atoms with Crippen molar-refractivity contribution < 1.29 is 13.9 Å². The fraction of sp³-hybridized carbons (Fsp3) is 0.300. The van der Waals surface area contributed by atoms with Gasteiger partial charge in [0.15, 0.2) is 11.5 Å². The number of amides is 1. The molecule has 1 fully saturated rings. The van der Waals surface area contributed by atoms with Crippen molar-refractivity contribution >= 4 is 11.7 Å². The van der Waals surface area contributed by atoms with Crippen molar-refractivity contribution in [3.63, 3.8) is 0 Å². The first-order valence-electron chi connectivity index (χ1n) is 9.25. The summed E-state index contributed by atoms with van der Waals surface area (Å²) in [5, 5.41) is 4.53. The van der Waals surface area contributed by atoms with E-state index in [1.54, 1.807) is 27.8 Å². The number of hydrogen-bond acceptors (Lipinski definition) is 6. The maximum atomic E-state index is 14.3. The van der Waals surface area contributed by atoms with Crippen molar-refractivity contribution in [3.8, 4) is 5.69 Å². The number of carbonyl (C=O) groups excluding carboxylic acids is 1. The van der Waals surface area contributed by atoms with Gasteiger partial charge in [0, 0.05) is 30.2 Å². The van der Waals surface area contributed by atoms with Crippen LogP contribution in [0.3, 0.4) is 0 Å². The second-order valence-electron chi connectivity index (χ2n) is 6.83. The summed E-state index contributed by atoms with van der Waals surface area (Å²) in [6.45, 7) is 4.78. The number of rotatable bonds is 3. The number of carbonyl (C=O) groups is 1. The van der Waals surface area contributed by atoms with Crippen LogP contribution in [0.5, 0.6) is 0 Å². The second-order valence-corrected chi connectivity index (χ2v) is 6.83. The van der Waals surface area contributed by atoms with E-state index < -0.39 is 6.04 Å². The van der Waals surface area contributed by atoms with Gasteiger partial charge in [-0.3, -0.25) is 4.79 Å². The predicted octanol–water partition coefficient (Wildman–Crippen LogP) is 2.21. The molecule has 9 heteroatoms. The highest BCUT2D eigenvalue weighted by Gasteiger charge is 2.34. The largest absolute Gasteiger partial charge is 0.382 e. The van der Waals surface area contributed by atoms with Crippen molar-refractivity contribution in [2.24, 2.45) is 0 Å². The van der Waals surface area contributed by atoms with Crippen LogP contribution in [-0.4, -0.2) is 50.3 Å². The molecule has 29 heavy (non-hydrogen) atoms. The summed E-state index contributed by atoms with van der Waals surface area (Å²) in [4.78, 5) is 22.9. The summed E-state index contributed by atoms with van der Waals surface area (Å²) in [5.41, 5.74) is 8.59. The van der Waals surface area contributed by atoms with Gasteiger partial charge >= 0.3 is 0 Å². The number of aryl methyl sites for hydroxylation is 1. The monoisotopic (exact) mass is 396 g/mol. The average molecular weight is 396 g/mol. The molecule has 1 amide bonds. The minimum absolute atomic E-state index is 0.0817. The Balaban J connectivity index is 1.76. The van der Waals surface area contributed by atoms with E-state index in [9.17, 15) is 9.18 Å². The number of aromatic nitrogens is 4. The van der Waals surface area contributed by atoms with E-state index in [1.807, 2.05) is 13.8 Å². The molecular weight excluding hydrogens is 375 g/mol. The van der Waals surface area contributed by atoms with Gasteiger partial charge in [0.05, 0.1) is 24.9 Å². The molecule has 3 aromatic rings. The van der Waals surface area contributed by atoms with Gasteiger partial charge in [-0.25, -0.2) is 19.0 Å². The van der Waals surface area contributed by atoms with Gasteiger partial charge in [-0.2, -0.15) is 5.10 Å². The highest BCUT2D eigenvalue weighted by molar-refractivity contribution is 5.96. The Labute approximate surface area is 167 Å². The molecule has 2 N–H and O–H groups in total. The first kappa shape index (κ1) is 19.0. The zero-order chi connectivity index (χ0) is 20.5. The van der Waals surface area contributed by atoms with E-state index in [-0.39, 0.29) is 23.2 Å². The number of nitrogen functional groups attached to an aromatic ring is 1. The lowest BCUT2D eigenvalue weighted by Crippen LogP contribution is -2.44. The minimum Gasteiger partial charge on any atom is -0.382 e. The van der Waals surface area contributed by atoms with Crippen LogP contribution in [-0.2, 0) is 4.74 Å². The van der Waals surface area contributed by atoms with Crippen LogP contribution in [0.1, 0.15) is 33.5 Å². The SMILES string of the molecule is Cc1nn(-c2ccccc2F)c(C)c1[C@H]1COCCN1C(=O)c1nccnc1N. The van der Waals surface area contributed by atoms with E-state index >= 15 is 0 Å². The summed E-state index contributed by atoms with van der Waals surface area (Å²) in [7, 11) is 0. The molecule has 0 bridgehead atoms. The van der Waals surface area contributed by atoms with Crippen LogP contribution >= 0.6 is 0 Å². The molecule has 4 rings (SSSR count). The molecule has 0 radical (unpaired) electrons. The lowest BCUT2D eigenvalue weighted by molar-refractivity contribution is -0.00330. The van der Waals surface area contributed by atoms with Gasteiger partial charge in [0.2, 0.25) is 0 Å². The van der Waals surface area contributed by atoms with Gasteiger partial charge in [0.25, 0.3) is 5.91 Å². The standard InChI is InChI=1S/C20H21FN6O2/c1-12-17(13(2)27(25-12)15-6-4-3-5-14(15)21)16-11-29-10-9-26(16)20(28)18-19(22)24-8-7-23-18/h3-8,16H,9-11H2,1-2H3,(H2,22,24)/t16-/m1/s1. The third-order valence-electron chi connectivity index (χ3n) is 5.08. The molecule has 0 spiro atoms. The average Bonchev–Trinajstić information content (AvgIpc) is 3.02. The lowest BCUT2D eigenvalue weighted by Gasteiger charge is -2.36. The summed E-state index contributed by atoms with van der Waals surface area (Å²) in [5.74, 6) is -0.607. The number of para-hydroxylation sites is 1. The number of anilines is 1. The highest BCUT2D eigenvalue weighted by Crippen LogP contribution is 2.32. The first-order valence-corrected chi connectivity index (χ1v) is 9.25. The van der Waals surface area contributed by atoms with E-state index in [1.165, 1.54) is 18.5 Å². The third-order valence-corrected chi connectivity index (χ3v) is 5.08. The summed E-state index contributed by atoms with van der Waals surface area (Å²) in [6.07, 6.45) is 2.88. The third kappa shape index (κ3) is 3.33. The molecular formula is C20H21FN6O2. The van der Waals surface area contributed by atoms with Crippen LogP contribution in [0.2, 0.25) is 0 Å². The maximum Gasteiger partial charge on any atom is 0.276 e. The van der Waals surface area contributed by atoms with E-state index in [4.69, 9.17) is 10.5 Å². The van der Waals surface area contributed by atoms with Gasteiger partial charge in [0.1, 0.15) is 11.5 Å². The molecule has 0 unspecified atom stereocenters. The molecule has 0 aliphatic carbocycles. The molecule has 1 aliphatic rings. The molecule has 1 aromatic carbocycles. The Morgan fingerprint density at radius 3 is 2.76 bits per heavy atom. The number of ether oxygens (including phenoxy) is 1. The van der Waals surface area contributed by atoms with Crippen molar-refractivity contribution in [2.75, 3.05) is 25.5 Å². The molecule has 150 valence electrons. The number of halogens is 1. The fourth-order valence-corrected chi connectivity index (χ4v) is 3.73. The summed E-state index contributed by atoms with van der Waals surface area (Å²) in [6, 6.07) is 6.05. The number of nitrogens with zero attached hydrogens (tertiary/aromatic N) is 5. The Morgan fingerprint density at radius 1 is 1.24 bits per heavy atom. The maximum absolute atomic E-state index is 14.3. The van der Waals surface area contributed by atoms with E-state index in [0.29, 0.717) is 31.1 Å².